The molecule has 4 atom stereocenters. The summed E-state index contributed by atoms with van der Waals surface area (Å²) in [5.41, 5.74) is 8.63. The Balaban J connectivity index is 1.33. The fourth-order valence-electron chi connectivity index (χ4n) is 6.33. The third-order valence-corrected chi connectivity index (χ3v) is 7.36. The molecule has 7 rings (SSSR count). The maximum Gasteiger partial charge on any atom is 0.107 e. The molecule has 2 aliphatic carbocycles. The Labute approximate surface area is 166 Å². The van der Waals surface area contributed by atoms with Crippen molar-refractivity contribution in [1.82, 2.24) is 9.80 Å². The molecule has 140 valence electrons. The monoisotopic (exact) mass is 368 g/mol. The zero-order valence-electron chi connectivity index (χ0n) is 15.9. The standard InChI is InChI=1S/C25H24N2O/c1-5-16-13-18-15-19-14-17-6-2-10-27-12-4-8-21(23(17)27)25(19)28-24(18)20-7-3-11-26(9-1)22(16)20/h1-5,7,9-10,12-13,17,19,24-25H,6,8,11,14-15H2. The molecule has 0 radical (unpaired) electrons. The molecule has 1 saturated heterocycles. The maximum absolute atomic E-state index is 6.97. The minimum Gasteiger partial charge on any atom is -0.361 e. The SMILES string of the molecule is C1=CN2CC=CC3=C2C(=C1)C=C1CC2CC4CC=CN5C=CCC(=C45)C2OC13. The summed E-state index contributed by atoms with van der Waals surface area (Å²) < 4.78 is 6.97. The minimum absolute atomic E-state index is 0.113. The van der Waals surface area contributed by atoms with Gasteiger partial charge in [0.1, 0.15) is 6.10 Å². The Morgan fingerprint density at radius 2 is 2.04 bits per heavy atom. The second-order valence-corrected chi connectivity index (χ2v) is 8.90. The lowest BCUT2D eigenvalue weighted by atomic mass is 9.68. The van der Waals surface area contributed by atoms with Crippen LogP contribution in [0.5, 0.6) is 0 Å². The molecular formula is C25H24N2O. The van der Waals surface area contributed by atoms with Gasteiger partial charge in [-0.05, 0) is 54.4 Å². The van der Waals surface area contributed by atoms with Crippen LogP contribution < -0.4 is 0 Å². The van der Waals surface area contributed by atoms with E-state index in [0.717, 1.165) is 13.0 Å². The van der Waals surface area contributed by atoms with Gasteiger partial charge in [-0.3, -0.25) is 0 Å². The molecule has 0 saturated carbocycles. The van der Waals surface area contributed by atoms with Crippen molar-refractivity contribution in [3.8, 4) is 0 Å². The van der Waals surface area contributed by atoms with Crippen molar-refractivity contribution < 1.29 is 4.74 Å². The molecule has 1 fully saturated rings. The van der Waals surface area contributed by atoms with Crippen LogP contribution in [0.25, 0.3) is 0 Å². The topological polar surface area (TPSA) is 15.7 Å². The predicted molar refractivity (Wildman–Crippen MR) is 109 cm³/mol. The van der Waals surface area contributed by atoms with Gasteiger partial charge in [-0.2, -0.15) is 0 Å². The molecule has 28 heavy (non-hydrogen) atoms. The number of hydrogen-bond donors (Lipinski definition) is 0. The molecule has 0 aromatic rings. The van der Waals surface area contributed by atoms with Gasteiger partial charge in [-0.1, -0.05) is 36.5 Å². The van der Waals surface area contributed by atoms with Gasteiger partial charge in [0.25, 0.3) is 0 Å². The molecule has 0 aromatic carbocycles. The normalized spacial score (nSPS) is 36.6. The van der Waals surface area contributed by atoms with Crippen molar-refractivity contribution in [2.24, 2.45) is 11.8 Å². The van der Waals surface area contributed by atoms with Crippen molar-refractivity contribution in [1.29, 1.82) is 0 Å². The lowest BCUT2D eigenvalue weighted by molar-refractivity contribution is -0.0329. The summed E-state index contributed by atoms with van der Waals surface area (Å²) in [7, 11) is 0. The van der Waals surface area contributed by atoms with Gasteiger partial charge >= 0.3 is 0 Å². The average Bonchev–Trinajstić information content (AvgIpc) is 2.74. The molecule has 0 spiro atoms. The number of fused-ring (bicyclic) bond motifs is 4. The van der Waals surface area contributed by atoms with Gasteiger partial charge in [0.2, 0.25) is 0 Å². The van der Waals surface area contributed by atoms with Crippen LogP contribution in [0.1, 0.15) is 25.7 Å². The van der Waals surface area contributed by atoms with Crippen LogP contribution >= 0.6 is 0 Å². The predicted octanol–water partition coefficient (Wildman–Crippen LogP) is 4.69. The van der Waals surface area contributed by atoms with Gasteiger partial charge in [-0.25, -0.2) is 0 Å². The molecule has 3 nitrogen and oxygen atoms in total. The number of rotatable bonds is 0. The van der Waals surface area contributed by atoms with Crippen molar-refractivity contribution in [3.05, 3.63) is 94.8 Å². The number of nitrogens with zero attached hydrogens (tertiary/aromatic N) is 2. The van der Waals surface area contributed by atoms with E-state index >= 15 is 0 Å². The molecule has 5 heterocycles. The van der Waals surface area contributed by atoms with Crippen LogP contribution in [0.2, 0.25) is 0 Å². The highest BCUT2D eigenvalue weighted by Gasteiger charge is 2.46. The Bertz CT molecular complexity index is 1020. The van der Waals surface area contributed by atoms with Crippen molar-refractivity contribution >= 4 is 0 Å². The van der Waals surface area contributed by atoms with E-state index in [4.69, 9.17) is 4.74 Å². The molecule has 0 amide bonds. The third-order valence-electron chi connectivity index (χ3n) is 7.36. The fourth-order valence-corrected chi connectivity index (χ4v) is 6.33. The van der Waals surface area contributed by atoms with E-state index in [2.05, 4.69) is 70.9 Å². The first-order valence-electron chi connectivity index (χ1n) is 10.6. The van der Waals surface area contributed by atoms with Crippen LogP contribution in [0.15, 0.2) is 94.8 Å². The Hall–Kier alpha value is -2.52. The zero-order chi connectivity index (χ0) is 18.2. The number of hydrogen-bond acceptors (Lipinski definition) is 3. The van der Waals surface area contributed by atoms with Crippen LogP contribution in [0.3, 0.4) is 0 Å². The first-order valence-corrected chi connectivity index (χ1v) is 10.6. The molecule has 0 aromatic heterocycles. The van der Waals surface area contributed by atoms with E-state index in [-0.39, 0.29) is 12.2 Å². The first-order chi connectivity index (χ1) is 13.9. The summed E-state index contributed by atoms with van der Waals surface area (Å²) >= 11 is 0. The fraction of sp³-hybridized carbons (Fsp3) is 0.360. The summed E-state index contributed by atoms with van der Waals surface area (Å²) in [4.78, 5) is 4.72. The van der Waals surface area contributed by atoms with Crippen LogP contribution in [-0.4, -0.2) is 28.6 Å². The highest BCUT2D eigenvalue weighted by atomic mass is 16.5. The molecule has 0 bridgehead atoms. The molecular weight excluding hydrogens is 344 g/mol. The van der Waals surface area contributed by atoms with Gasteiger partial charge < -0.3 is 14.5 Å². The largest absolute Gasteiger partial charge is 0.361 e. The summed E-state index contributed by atoms with van der Waals surface area (Å²) in [6.07, 6.45) is 27.8. The van der Waals surface area contributed by atoms with E-state index in [1.807, 2.05) is 0 Å². The minimum atomic E-state index is 0.113. The van der Waals surface area contributed by atoms with Gasteiger partial charge in [0, 0.05) is 42.3 Å². The van der Waals surface area contributed by atoms with Gasteiger partial charge in [-0.15, -0.1) is 0 Å². The van der Waals surface area contributed by atoms with Crippen LogP contribution in [0.4, 0.5) is 0 Å². The van der Waals surface area contributed by atoms with Crippen molar-refractivity contribution in [2.75, 3.05) is 6.54 Å². The number of ether oxygens (including phenoxy) is 1. The summed E-state index contributed by atoms with van der Waals surface area (Å²) in [5.74, 6) is 1.27. The summed E-state index contributed by atoms with van der Waals surface area (Å²) in [6, 6.07) is 0. The molecule has 4 unspecified atom stereocenters. The second-order valence-electron chi connectivity index (χ2n) is 8.90. The molecule has 5 aliphatic heterocycles. The summed E-state index contributed by atoms with van der Waals surface area (Å²) in [5, 5.41) is 0. The van der Waals surface area contributed by atoms with Crippen LogP contribution in [0, 0.1) is 11.8 Å². The Kier molecular flexibility index (Phi) is 3.03. The number of allylic oxidation sites excluding steroid dienone is 6. The van der Waals surface area contributed by atoms with E-state index < -0.39 is 0 Å². The lowest BCUT2D eigenvalue weighted by Gasteiger charge is -2.50. The average molecular weight is 368 g/mol. The van der Waals surface area contributed by atoms with E-state index in [1.165, 1.54) is 47.4 Å². The smallest absolute Gasteiger partial charge is 0.107 e. The van der Waals surface area contributed by atoms with Crippen molar-refractivity contribution in [3.63, 3.8) is 0 Å². The highest BCUT2D eigenvalue weighted by Crippen LogP contribution is 2.52. The maximum atomic E-state index is 6.97. The van der Waals surface area contributed by atoms with Gasteiger partial charge in [0.15, 0.2) is 0 Å². The lowest BCUT2D eigenvalue weighted by Crippen LogP contribution is -2.47. The highest BCUT2D eigenvalue weighted by molar-refractivity contribution is 5.59. The Morgan fingerprint density at radius 3 is 3.04 bits per heavy atom. The quantitative estimate of drug-likeness (QED) is 0.617. The second kappa shape index (κ2) is 5.51. The summed E-state index contributed by atoms with van der Waals surface area (Å²) in [6.45, 7) is 0.956. The third kappa shape index (κ3) is 1.98. The van der Waals surface area contributed by atoms with Gasteiger partial charge in [0.05, 0.1) is 11.8 Å². The van der Waals surface area contributed by atoms with E-state index in [0.29, 0.717) is 11.8 Å². The molecule has 3 heteroatoms. The van der Waals surface area contributed by atoms with Crippen molar-refractivity contribution in [2.45, 2.75) is 37.9 Å². The zero-order valence-corrected chi connectivity index (χ0v) is 15.9. The first kappa shape index (κ1) is 15.4. The molecule has 0 N–H and O–H groups in total. The van der Waals surface area contributed by atoms with Crippen LogP contribution in [-0.2, 0) is 4.74 Å². The Morgan fingerprint density at radius 1 is 1.07 bits per heavy atom. The molecule has 7 aliphatic rings. The van der Waals surface area contributed by atoms with E-state index in [1.54, 1.807) is 5.57 Å². The van der Waals surface area contributed by atoms with E-state index in [9.17, 15) is 0 Å².